The molecule has 13 heteroatoms. The van der Waals surface area contributed by atoms with Gasteiger partial charge in [-0.2, -0.15) is 0 Å². The highest BCUT2D eigenvalue weighted by molar-refractivity contribution is 9.10. The van der Waals surface area contributed by atoms with Crippen LogP contribution >= 0.6 is 39.1 Å². The summed E-state index contributed by atoms with van der Waals surface area (Å²) < 4.78 is 19.7. The molecular formula is C39H35BrCl2FN3O6. The van der Waals surface area contributed by atoms with Crippen molar-refractivity contribution in [3.63, 3.8) is 0 Å². The van der Waals surface area contributed by atoms with E-state index in [4.69, 9.17) is 27.9 Å². The Morgan fingerprint density at radius 2 is 1.63 bits per heavy atom. The fourth-order valence-corrected chi connectivity index (χ4v) is 10.6. The molecule has 52 heavy (non-hydrogen) atoms. The minimum Gasteiger partial charge on any atom is -0.503 e. The largest absolute Gasteiger partial charge is 0.503 e. The van der Waals surface area contributed by atoms with Gasteiger partial charge < -0.3 is 9.84 Å². The van der Waals surface area contributed by atoms with Crippen LogP contribution in [-0.4, -0.2) is 74.5 Å². The molecule has 3 saturated heterocycles. The minimum atomic E-state index is -2.10. The maximum absolute atomic E-state index is 14.6. The van der Waals surface area contributed by atoms with Gasteiger partial charge in [-0.15, -0.1) is 23.2 Å². The van der Waals surface area contributed by atoms with Gasteiger partial charge in [-0.1, -0.05) is 42.0 Å². The second kappa shape index (κ2) is 13.0. The number of phenolic OH excluding ortho intramolecular Hbond substituents is 1. The van der Waals surface area contributed by atoms with E-state index in [0.29, 0.717) is 24.0 Å². The minimum absolute atomic E-state index is 0.0882. The molecule has 0 radical (unpaired) electrons. The van der Waals surface area contributed by atoms with Gasteiger partial charge in [0.15, 0.2) is 21.2 Å². The van der Waals surface area contributed by atoms with E-state index < -0.39 is 51.1 Å². The lowest BCUT2D eigenvalue weighted by Crippen LogP contribution is -2.60. The van der Waals surface area contributed by atoms with Crippen molar-refractivity contribution in [1.29, 1.82) is 0 Å². The van der Waals surface area contributed by atoms with Crippen molar-refractivity contribution in [1.82, 2.24) is 9.80 Å². The van der Waals surface area contributed by atoms with Crippen molar-refractivity contribution < 1.29 is 33.4 Å². The zero-order valence-electron chi connectivity index (χ0n) is 28.1. The monoisotopic (exact) mass is 809 g/mol. The highest BCUT2D eigenvalue weighted by Gasteiger charge is 2.76. The molecular weight excluding hydrogens is 776 g/mol. The molecule has 1 saturated carbocycles. The Balaban J connectivity index is 1.17. The number of piperidine rings is 1. The number of hydrogen-bond donors (Lipinski definition) is 1. The number of ether oxygens (including phenoxy) is 1. The lowest BCUT2D eigenvalue weighted by atomic mass is 9.56. The number of fused-ring (bicyclic) bond motifs is 4. The molecule has 0 spiro atoms. The second-order valence-corrected chi connectivity index (χ2v) is 16.4. The number of halogens is 4. The second-order valence-electron chi connectivity index (χ2n) is 14.3. The van der Waals surface area contributed by atoms with E-state index in [9.17, 15) is 28.7 Å². The van der Waals surface area contributed by atoms with Crippen LogP contribution in [0.25, 0.3) is 0 Å². The number of aromatic hydroxyl groups is 1. The Morgan fingerprint density at radius 1 is 0.942 bits per heavy atom. The Kier molecular flexibility index (Phi) is 8.79. The maximum Gasteiger partial charge on any atom is 0.258 e. The zero-order chi connectivity index (χ0) is 36.7. The van der Waals surface area contributed by atoms with Gasteiger partial charge in [-0.25, -0.2) is 9.29 Å². The molecule has 8 rings (SSSR count). The Labute approximate surface area is 318 Å². The molecule has 0 aromatic heterocycles. The summed E-state index contributed by atoms with van der Waals surface area (Å²) in [6.45, 7) is 2.25. The molecule has 2 aliphatic carbocycles. The standard InChI is InChI=1S/C39H35BrCl2FN3O6/c1-52-30-18-22(17-29(40)33(30)47)32-26-11-12-27-31(35(49)45(34(27)48)25-13-15-44(16-14-25)20-21-5-3-2-4-6-21)28(26)19-38(41)36(50)46(37(51)39(32,38)42)24-9-7-23(43)8-10-24/h2-11,17-18,25,27-28,31-32,47H,12-16,19-20H2,1H3. The number of hydrogen-bond acceptors (Lipinski definition) is 7. The van der Waals surface area contributed by atoms with Gasteiger partial charge >= 0.3 is 0 Å². The number of phenols is 1. The van der Waals surface area contributed by atoms with Crippen molar-refractivity contribution in [2.45, 2.75) is 53.9 Å². The summed E-state index contributed by atoms with van der Waals surface area (Å²) >= 11 is 18.3. The van der Waals surface area contributed by atoms with Crippen LogP contribution in [0.4, 0.5) is 10.1 Å². The number of allylic oxidation sites excluding steroid dienone is 2. The summed E-state index contributed by atoms with van der Waals surface area (Å²) in [6.07, 6.45) is 3.22. The number of anilines is 1. The Morgan fingerprint density at radius 3 is 2.31 bits per heavy atom. The molecule has 1 N–H and O–H groups in total. The first kappa shape index (κ1) is 35.3. The number of carbonyl (C=O) groups excluding carboxylic acids is 4. The van der Waals surface area contributed by atoms with Crippen LogP contribution in [-0.2, 0) is 25.7 Å². The normalized spacial score (nSPS) is 30.7. The van der Waals surface area contributed by atoms with E-state index in [2.05, 4.69) is 33.0 Å². The van der Waals surface area contributed by atoms with Gasteiger partial charge in [-0.05, 0) is 95.1 Å². The average molecular weight is 812 g/mol. The van der Waals surface area contributed by atoms with Crippen molar-refractivity contribution in [2.75, 3.05) is 25.1 Å². The van der Waals surface area contributed by atoms with Crippen LogP contribution < -0.4 is 9.64 Å². The Hall–Kier alpha value is -3.77. The van der Waals surface area contributed by atoms with Gasteiger partial charge in [0.05, 0.1) is 29.1 Å². The molecule has 270 valence electrons. The first-order valence-electron chi connectivity index (χ1n) is 17.3. The quantitative estimate of drug-likeness (QED) is 0.172. The van der Waals surface area contributed by atoms with E-state index in [1.165, 1.54) is 35.8 Å². The number of likely N-dealkylation sites (tertiary alicyclic amines) is 2. The average Bonchev–Trinajstić information content (AvgIpc) is 3.48. The first-order chi connectivity index (χ1) is 24.9. The third-order valence-electron chi connectivity index (χ3n) is 11.7. The van der Waals surface area contributed by atoms with Gasteiger partial charge in [0.2, 0.25) is 11.8 Å². The summed E-state index contributed by atoms with van der Waals surface area (Å²) in [5.41, 5.74) is 2.33. The van der Waals surface area contributed by atoms with Crippen molar-refractivity contribution in [3.8, 4) is 11.5 Å². The fraction of sp³-hybridized carbons (Fsp3) is 0.385. The summed E-state index contributed by atoms with van der Waals surface area (Å²) in [5, 5.41) is 10.7. The molecule has 3 heterocycles. The maximum atomic E-state index is 14.6. The van der Waals surface area contributed by atoms with Crippen LogP contribution in [0.3, 0.4) is 0 Å². The van der Waals surface area contributed by atoms with E-state index in [-0.39, 0.29) is 52.4 Å². The number of alkyl halides is 2. The first-order valence-corrected chi connectivity index (χ1v) is 18.9. The molecule has 3 aromatic carbocycles. The van der Waals surface area contributed by atoms with Crippen LogP contribution in [0, 0.1) is 23.6 Å². The highest BCUT2D eigenvalue weighted by atomic mass is 79.9. The molecule has 4 fully saturated rings. The van der Waals surface area contributed by atoms with Crippen molar-refractivity contribution in [2.24, 2.45) is 17.8 Å². The highest BCUT2D eigenvalue weighted by Crippen LogP contribution is 2.66. The number of benzene rings is 3. The molecule has 3 aliphatic heterocycles. The molecule has 9 nitrogen and oxygen atoms in total. The van der Waals surface area contributed by atoms with Crippen LogP contribution in [0.15, 0.2) is 82.9 Å². The van der Waals surface area contributed by atoms with Crippen molar-refractivity contribution >= 4 is 68.4 Å². The zero-order valence-corrected chi connectivity index (χ0v) is 31.2. The lowest BCUT2D eigenvalue weighted by Gasteiger charge is -2.50. The number of carbonyl (C=O) groups is 4. The molecule has 0 bridgehead atoms. The lowest BCUT2D eigenvalue weighted by molar-refractivity contribution is -0.144. The third-order valence-corrected chi connectivity index (χ3v) is 13.7. The topological polar surface area (TPSA) is 107 Å². The van der Waals surface area contributed by atoms with Crippen molar-refractivity contribution in [3.05, 3.63) is 99.8 Å². The summed E-state index contributed by atoms with van der Waals surface area (Å²) in [5.74, 6) is -6.04. The predicted molar refractivity (Wildman–Crippen MR) is 196 cm³/mol. The molecule has 3 aromatic rings. The predicted octanol–water partition coefficient (Wildman–Crippen LogP) is 6.53. The summed E-state index contributed by atoms with van der Waals surface area (Å²) in [4.78, 5) is 58.4. The van der Waals surface area contributed by atoms with E-state index >= 15 is 0 Å². The summed E-state index contributed by atoms with van der Waals surface area (Å²) in [6, 6.07) is 17.9. The molecule has 5 aliphatic rings. The van der Waals surface area contributed by atoms with E-state index in [0.717, 1.165) is 36.7 Å². The van der Waals surface area contributed by atoms with Gasteiger partial charge in [0.25, 0.3) is 11.8 Å². The van der Waals surface area contributed by atoms with E-state index in [1.807, 2.05) is 24.3 Å². The van der Waals surface area contributed by atoms with Gasteiger partial charge in [0, 0.05) is 31.6 Å². The number of nitrogens with zero attached hydrogens (tertiary/aromatic N) is 3. The van der Waals surface area contributed by atoms with Crippen LogP contribution in [0.1, 0.15) is 42.7 Å². The molecule has 4 amide bonds. The number of imide groups is 2. The van der Waals surface area contributed by atoms with Gasteiger partial charge in [0.1, 0.15) is 5.82 Å². The van der Waals surface area contributed by atoms with Gasteiger partial charge in [-0.3, -0.25) is 29.0 Å². The number of amides is 4. The third kappa shape index (κ3) is 5.17. The van der Waals surface area contributed by atoms with E-state index in [1.54, 1.807) is 6.07 Å². The van der Waals surface area contributed by atoms with Crippen LogP contribution in [0.2, 0.25) is 0 Å². The number of methoxy groups -OCH3 is 1. The smallest absolute Gasteiger partial charge is 0.258 e. The molecule has 6 atom stereocenters. The number of rotatable bonds is 6. The van der Waals surface area contributed by atoms with Crippen LogP contribution in [0.5, 0.6) is 11.5 Å². The summed E-state index contributed by atoms with van der Waals surface area (Å²) in [7, 11) is 1.38. The molecule has 6 unspecified atom stereocenters. The Bertz CT molecular complexity index is 2030. The fourth-order valence-electron chi connectivity index (χ4n) is 9.25. The SMILES string of the molecule is COc1cc(C2C3=CCC4C(=O)N(C5CCN(Cc6ccccc6)CC5)C(=O)C4C3CC3(Cl)C(=O)N(c4ccc(F)cc4)C(=O)C23Cl)cc(Br)c1O.